The molecule has 0 bridgehead atoms. The van der Waals surface area contributed by atoms with Crippen LogP contribution in [0.1, 0.15) is 12.0 Å². The van der Waals surface area contributed by atoms with E-state index in [4.69, 9.17) is 4.74 Å². The maximum Gasteiger partial charge on any atom is 0.0620 e. The van der Waals surface area contributed by atoms with Crippen LogP contribution in [0.2, 0.25) is 0 Å². The monoisotopic (exact) mass is 201 g/mol. The first-order valence-corrected chi connectivity index (χ1v) is 5.30. The molecule has 1 aromatic carbocycles. The molecular weight excluding hydrogens is 186 g/mol. The average molecular weight is 201 g/mol. The van der Waals surface area contributed by atoms with Gasteiger partial charge in [0.15, 0.2) is 0 Å². The lowest BCUT2D eigenvalue weighted by Gasteiger charge is -2.05. The van der Waals surface area contributed by atoms with E-state index < -0.39 is 0 Å². The SMILES string of the molecule is C(#Cc1ccccc1)CNC1CCOC1. The smallest absolute Gasteiger partial charge is 0.0620 e. The third-order valence-electron chi connectivity index (χ3n) is 2.42. The fraction of sp³-hybridized carbons (Fsp3) is 0.385. The molecule has 1 saturated heterocycles. The van der Waals surface area contributed by atoms with E-state index >= 15 is 0 Å². The molecule has 2 nitrogen and oxygen atoms in total. The predicted octanol–water partition coefficient (Wildman–Crippen LogP) is 1.42. The summed E-state index contributed by atoms with van der Waals surface area (Å²) in [6.45, 7) is 2.44. The highest BCUT2D eigenvalue weighted by molar-refractivity contribution is 5.33. The quantitative estimate of drug-likeness (QED) is 0.731. The van der Waals surface area contributed by atoms with Crippen LogP contribution in [0.3, 0.4) is 0 Å². The van der Waals surface area contributed by atoms with Gasteiger partial charge in [0.1, 0.15) is 0 Å². The summed E-state index contributed by atoms with van der Waals surface area (Å²) < 4.78 is 5.26. The fourth-order valence-electron chi connectivity index (χ4n) is 1.56. The zero-order valence-corrected chi connectivity index (χ0v) is 8.70. The van der Waals surface area contributed by atoms with Crippen LogP contribution in [0.4, 0.5) is 0 Å². The second-order valence-corrected chi connectivity index (χ2v) is 3.61. The minimum absolute atomic E-state index is 0.495. The Bertz CT molecular complexity index is 344. The van der Waals surface area contributed by atoms with Crippen molar-refractivity contribution >= 4 is 0 Å². The zero-order valence-electron chi connectivity index (χ0n) is 8.70. The summed E-state index contributed by atoms with van der Waals surface area (Å²) in [6.07, 6.45) is 1.10. The first-order valence-electron chi connectivity index (χ1n) is 5.30. The van der Waals surface area contributed by atoms with Crippen molar-refractivity contribution in [2.45, 2.75) is 12.5 Å². The molecule has 1 aliphatic rings. The Morgan fingerprint density at radius 1 is 1.33 bits per heavy atom. The van der Waals surface area contributed by atoms with Crippen molar-refractivity contribution in [2.75, 3.05) is 19.8 Å². The van der Waals surface area contributed by atoms with E-state index in [9.17, 15) is 0 Å². The van der Waals surface area contributed by atoms with E-state index in [0.717, 1.165) is 31.7 Å². The highest BCUT2D eigenvalue weighted by atomic mass is 16.5. The number of hydrogen-bond donors (Lipinski definition) is 1. The lowest BCUT2D eigenvalue weighted by molar-refractivity contribution is 0.190. The van der Waals surface area contributed by atoms with Crippen molar-refractivity contribution in [1.82, 2.24) is 5.32 Å². The van der Waals surface area contributed by atoms with Gasteiger partial charge in [-0.05, 0) is 18.6 Å². The Morgan fingerprint density at radius 2 is 2.20 bits per heavy atom. The molecule has 1 aromatic rings. The Hall–Kier alpha value is -1.30. The van der Waals surface area contributed by atoms with Crippen LogP contribution in [-0.2, 0) is 4.74 Å². The topological polar surface area (TPSA) is 21.3 Å². The van der Waals surface area contributed by atoms with Crippen LogP contribution < -0.4 is 5.32 Å². The van der Waals surface area contributed by atoms with Crippen molar-refractivity contribution < 1.29 is 4.74 Å². The summed E-state index contributed by atoms with van der Waals surface area (Å²) in [7, 11) is 0. The number of benzene rings is 1. The van der Waals surface area contributed by atoms with Gasteiger partial charge in [-0.2, -0.15) is 0 Å². The molecule has 0 aliphatic carbocycles. The molecule has 2 heteroatoms. The van der Waals surface area contributed by atoms with E-state index in [2.05, 4.69) is 17.2 Å². The van der Waals surface area contributed by atoms with Crippen LogP contribution in [0.25, 0.3) is 0 Å². The van der Waals surface area contributed by atoms with Crippen LogP contribution in [0, 0.1) is 11.8 Å². The maximum atomic E-state index is 5.26. The molecule has 1 heterocycles. The van der Waals surface area contributed by atoms with Crippen LogP contribution in [-0.4, -0.2) is 25.8 Å². The van der Waals surface area contributed by atoms with Gasteiger partial charge in [-0.25, -0.2) is 0 Å². The summed E-state index contributed by atoms with van der Waals surface area (Å²) in [6, 6.07) is 10.5. The molecule has 15 heavy (non-hydrogen) atoms. The predicted molar refractivity (Wildman–Crippen MR) is 60.5 cm³/mol. The van der Waals surface area contributed by atoms with Crippen LogP contribution >= 0.6 is 0 Å². The molecule has 0 saturated carbocycles. The molecule has 1 fully saturated rings. The van der Waals surface area contributed by atoms with Gasteiger partial charge in [-0.15, -0.1) is 0 Å². The number of ether oxygens (including phenoxy) is 1. The van der Waals surface area contributed by atoms with E-state index in [1.807, 2.05) is 30.3 Å². The Morgan fingerprint density at radius 3 is 2.93 bits per heavy atom. The van der Waals surface area contributed by atoms with Gasteiger partial charge >= 0.3 is 0 Å². The standard InChI is InChI=1S/C13H15NO/c1-2-5-12(6-3-1)7-4-9-14-13-8-10-15-11-13/h1-3,5-6,13-14H,8-11H2. The molecule has 2 rings (SSSR count). The molecule has 0 amide bonds. The van der Waals surface area contributed by atoms with Crippen molar-refractivity contribution in [2.24, 2.45) is 0 Å². The fourth-order valence-corrected chi connectivity index (χ4v) is 1.56. The second kappa shape index (κ2) is 5.55. The third-order valence-corrected chi connectivity index (χ3v) is 2.42. The van der Waals surface area contributed by atoms with Gasteiger partial charge in [0.2, 0.25) is 0 Å². The Balaban J connectivity index is 1.75. The van der Waals surface area contributed by atoms with Crippen molar-refractivity contribution in [3.63, 3.8) is 0 Å². The third kappa shape index (κ3) is 3.39. The van der Waals surface area contributed by atoms with Gasteiger partial charge in [0.25, 0.3) is 0 Å². The number of nitrogens with one attached hydrogen (secondary N) is 1. The summed E-state index contributed by atoms with van der Waals surface area (Å²) >= 11 is 0. The van der Waals surface area contributed by atoms with Gasteiger partial charge in [0, 0.05) is 18.2 Å². The molecular formula is C13H15NO. The normalized spacial score (nSPS) is 19.6. The van der Waals surface area contributed by atoms with E-state index in [0.29, 0.717) is 6.04 Å². The summed E-state index contributed by atoms with van der Waals surface area (Å²) in [4.78, 5) is 0. The highest BCUT2D eigenvalue weighted by Crippen LogP contribution is 2.02. The molecule has 0 aromatic heterocycles. The van der Waals surface area contributed by atoms with Crippen LogP contribution in [0.15, 0.2) is 30.3 Å². The van der Waals surface area contributed by atoms with Crippen LogP contribution in [0.5, 0.6) is 0 Å². The molecule has 1 aliphatic heterocycles. The zero-order chi connectivity index (χ0) is 10.3. The second-order valence-electron chi connectivity index (χ2n) is 3.61. The van der Waals surface area contributed by atoms with Gasteiger partial charge in [-0.3, -0.25) is 0 Å². The molecule has 1 atom stereocenters. The Kier molecular flexibility index (Phi) is 3.78. The van der Waals surface area contributed by atoms with E-state index in [1.165, 1.54) is 0 Å². The van der Waals surface area contributed by atoms with Gasteiger partial charge in [-0.1, -0.05) is 30.0 Å². The summed E-state index contributed by atoms with van der Waals surface area (Å²) in [5.41, 5.74) is 1.07. The first-order chi connectivity index (χ1) is 7.45. The van der Waals surface area contributed by atoms with Crippen molar-refractivity contribution in [3.8, 4) is 11.8 Å². The van der Waals surface area contributed by atoms with Crippen molar-refractivity contribution in [1.29, 1.82) is 0 Å². The Labute approximate surface area is 90.6 Å². The van der Waals surface area contributed by atoms with E-state index in [1.54, 1.807) is 0 Å². The summed E-state index contributed by atoms with van der Waals surface area (Å²) in [5, 5.41) is 3.35. The molecule has 78 valence electrons. The lowest BCUT2D eigenvalue weighted by Crippen LogP contribution is -2.29. The molecule has 0 spiro atoms. The van der Waals surface area contributed by atoms with E-state index in [-0.39, 0.29) is 0 Å². The minimum Gasteiger partial charge on any atom is -0.380 e. The summed E-state index contributed by atoms with van der Waals surface area (Å²) in [5.74, 6) is 6.23. The van der Waals surface area contributed by atoms with Gasteiger partial charge < -0.3 is 10.1 Å². The minimum atomic E-state index is 0.495. The number of rotatable bonds is 2. The van der Waals surface area contributed by atoms with Gasteiger partial charge in [0.05, 0.1) is 13.2 Å². The lowest BCUT2D eigenvalue weighted by atomic mass is 10.2. The number of hydrogen-bond acceptors (Lipinski definition) is 2. The molecule has 1 unspecified atom stereocenters. The maximum absolute atomic E-state index is 5.26. The highest BCUT2D eigenvalue weighted by Gasteiger charge is 2.13. The van der Waals surface area contributed by atoms with Crippen molar-refractivity contribution in [3.05, 3.63) is 35.9 Å². The molecule has 1 N–H and O–H groups in total. The first kappa shape index (κ1) is 10.2. The largest absolute Gasteiger partial charge is 0.380 e. The molecule has 0 radical (unpaired) electrons. The average Bonchev–Trinajstić information content (AvgIpc) is 2.79.